The molecule has 0 amide bonds. The molecule has 3 rings (SSSR count). The van der Waals surface area contributed by atoms with Crippen molar-refractivity contribution in [3.8, 4) is 11.5 Å². The summed E-state index contributed by atoms with van der Waals surface area (Å²) in [6.07, 6.45) is 0.475. The fourth-order valence-corrected chi connectivity index (χ4v) is 2.29. The van der Waals surface area contributed by atoms with Crippen LogP contribution in [0.3, 0.4) is 0 Å². The van der Waals surface area contributed by atoms with Gasteiger partial charge in [-0.25, -0.2) is 4.98 Å². The molecule has 1 unspecified atom stereocenters. The zero-order valence-corrected chi connectivity index (χ0v) is 13.2. The van der Waals surface area contributed by atoms with Gasteiger partial charge in [-0.05, 0) is 24.6 Å². The molecule has 0 aliphatic rings. The van der Waals surface area contributed by atoms with Gasteiger partial charge < -0.3 is 9.47 Å². The van der Waals surface area contributed by atoms with E-state index in [9.17, 15) is 0 Å². The smallest absolute Gasteiger partial charge is 0.191 e. The monoisotopic (exact) mass is 309 g/mol. The number of hydrogen-bond donors (Lipinski definition) is 1. The summed E-state index contributed by atoms with van der Waals surface area (Å²) in [4.78, 5) is 4.52. The summed E-state index contributed by atoms with van der Waals surface area (Å²) in [7, 11) is 1.63. The molecule has 2 aromatic carbocycles. The third-order valence-electron chi connectivity index (χ3n) is 3.48. The van der Waals surface area contributed by atoms with Gasteiger partial charge in [-0.2, -0.15) is 5.10 Å². The maximum atomic E-state index is 5.88. The number of nitrogens with one attached hydrogen (secondary N) is 1. The number of aromatic amines is 1. The van der Waals surface area contributed by atoms with E-state index < -0.39 is 0 Å². The normalized spacial score (nSPS) is 11.9. The molecule has 0 saturated carbocycles. The molecule has 0 bridgehead atoms. The van der Waals surface area contributed by atoms with Crippen LogP contribution in [-0.2, 0) is 6.42 Å². The predicted octanol–water partition coefficient (Wildman–Crippen LogP) is 3.54. The van der Waals surface area contributed by atoms with E-state index in [4.69, 9.17) is 9.47 Å². The number of hydrogen-bond acceptors (Lipinski definition) is 4. The maximum Gasteiger partial charge on any atom is 0.191 e. The second kappa shape index (κ2) is 6.96. The van der Waals surface area contributed by atoms with Crippen LogP contribution in [0.2, 0.25) is 0 Å². The van der Waals surface area contributed by atoms with Crippen LogP contribution in [0.15, 0.2) is 54.6 Å². The molecule has 118 valence electrons. The Morgan fingerprint density at radius 1 is 1.04 bits per heavy atom. The van der Waals surface area contributed by atoms with Crippen molar-refractivity contribution >= 4 is 0 Å². The van der Waals surface area contributed by atoms with E-state index in [0.717, 1.165) is 23.7 Å². The van der Waals surface area contributed by atoms with Crippen molar-refractivity contribution in [2.24, 2.45) is 0 Å². The third-order valence-corrected chi connectivity index (χ3v) is 3.48. The quantitative estimate of drug-likeness (QED) is 0.756. The molecule has 0 spiro atoms. The lowest BCUT2D eigenvalue weighted by atomic mass is 10.1. The minimum absolute atomic E-state index is 0.247. The fourth-order valence-electron chi connectivity index (χ4n) is 2.29. The molecule has 5 heteroatoms. The minimum Gasteiger partial charge on any atom is -0.497 e. The van der Waals surface area contributed by atoms with E-state index in [2.05, 4.69) is 27.3 Å². The van der Waals surface area contributed by atoms with Gasteiger partial charge in [0.2, 0.25) is 0 Å². The molecule has 1 heterocycles. The highest BCUT2D eigenvalue weighted by Gasteiger charge is 2.14. The molecule has 1 N–H and O–H groups in total. The van der Waals surface area contributed by atoms with Crippen molar-refractivity contribution < 1.29 is 9.47 Å². The molecule has 0 fully saturated rings. The topological polar surface area (TPSA) is 60.0 Å². The number of ether oxygens (including phenoxy) is 2. The standard InChI is InChI=1S/C18H19N3O2/c1-13(23-16-10-6-9-15(12-16)22-2)18-19-17(20-21-18)11-14-7-4-3-5-8-14/h3-10,12-13H,11H2,1-2H3,(H,19,20,21). The second-order valence-electron chi connectivity index (χ2n) is 5.24. The lowest BCUT2D eigenvalue weighted by Gasteiger charge is -2.12. The Morgan fingerprint density at radius 2 is 1.83 bits per heavy atom. The molecule has 0 aliphatic heterocycles. The first-order chi connectivity index (χ1) is 11.2. The number of nitrogens with zero attached hydrogens (tertiary/aromatic N) is 2. The first-order valence-corrected chi connectivity index (χ1v) is 7.50. The number of rotatable bonds is 6. The predicted molar refractivity (Wildman–Crippen MR) is 87.7 cm³/mol. The molecule has 23 heavy (non-hydrogen) atoms. The van der Waals surface area contributed by atoms with E-state index in [1.807, 2.05) is 49.4 Å². The Morgan fingerprint density at radius 3 is 2.61 bits per heavy atom. The van der Waals surface area contributed by atoms with Gasteiger partial charge in [0.15, 0.2) is 11.9 Å². The van der Waals surface area contributed by atoms with Gasteiger partial charge in [0, 0.05) is 12.5 Å². The largest absolute Gasteiger partial charge is 0.497 e. The zero-order valence-electron chi connectivity index (χ0n) is 13.2. The highest BCUT2D eigenvalue weighted by molar-refractivity contribution is 5.33. The van der Waals surface area contributed by atoms with Crippen LogP contribution in [0.25, 0.3) is 0 Å². The van der Waals surface area contributed by atoms with Crippen molar-refractivity contribution in [1.29, 1.82) is 0 Å². The van der Waals surface area contributed by atoms with E-state index in [1.165, 1.54) is 5.56 Å². The van der Waals surface area contributed by atoms with E-state index in [1.54, 1.807) is 7.11 Å². The number of aromatic nitrogens is 3. The van der Waals surface area contributed by atoms with E-state index in [-0.39, 0.29) is 6.10 Å². The Kier molecular flexibility index (Phi) is 4.57. The van der Waals surface area contributed by atoms with Crippen LogP contribution in [-0.4, -0.2) is 22.3 Å². The van der Waals surface area contributed by atoms with Gasteiger partial charge in [0.1, 0.15) is 17.3 Å². The molecule has 0 saturated heterocycles. The summed E-state index contributed by atoms with van der Waals surface area (Å²) in [5.41, 5.74) is 1.19. The molecule has 0 radical (unpaired) electrons. The summed E-state index contributed by atoms with van der Waals surface area (Å²) < 4.78 is 11.1. The van der Waals surface area contributed by atoms with Crippen molar-refractivity contribution in [2.75, 3.05) is 7.11 Å². The molecule has 3 aromatic rings. The zero-order chi connectivity index (χ0) is 16.1. The Hall–Kier alpha value is -2.82. The second-order valence-corrected chi connectivity index (χ2v) is 5.24. The molecular weight excluding hydrogens is 290 g/mol. The van der Waals surface area contributed by atoms with Crippen LogP contribution in [0.4, 0.5) is 0 Å². The maximum absolute atomic E-state index is 5.88. The first kappa shape index (κ1) is 15.1. The Labute approximate surface area is 135 Å². The van der Waals surface area contributed by atoms with Crippen LogP contribution < -0.4 is 9.47 Å². The molecule has 5 nitrogen and oxygen atoms in total. The van der Waals surface area contributed by atoms with Gasteiger partial charge >= 0.3 is 0 Å². The lowest BCUT2D eigenvalue weighted by Crippen LogP contribution is -2.05. The summed E-state index contributed by atoms with van der Waals surface area (Å²) in [5, 5.41) is 7.24. The van der Waals surface area contributed by atoms with Gasteiger partial charge in [0.05, 0.1) is 7.11 Å². The number of methoxy groups -OCH3 is 1. The van der Waals surface area contributed by atoms with Gasteiger partial charge in [0.25, 0.3) is 0 Å². The average Bonchev–Trinajstić information content (AvgIpc) is 3.04. The Balaban J connectivity index is 1.67. The fraction of sp³-hybridized carbons (Fsp3) is 0.222. The van der Waals surface area contributed by atoms with Crippen molar-refractivity contribution in [3.63, 3.8) is 0 Å². The van der Waals surface area contributed by atoms with Gasteiger partial charge in [-0.3, -0.25) is 5.10 Å². The lowest BCUT2D eigenvalue weighted by molar-refractivity contribution is 0.216. The van der Waals surface area contributed by atoms with E-state index >= 15 is 0 Å². The van der Waals surface area contributed by atoms with Gasteiger partial charge in [-0.1, -0.05) is 36.4 Å². The first-order valence-electron chi connectivity index (χ1n) is 7.50. The van der Waals surface area contributed by atoms with Gasteiger partial charge in [-0.15, -0.1) is 0 Å². The van der Waals surface area contributed by atoms with Crippen LogP contribution >= 0.6 is 0 Å². The summed E-state index contributed by atoms with van der Waals surface area (Å²) in [5.74, 6) is 2.95. The highest BCUT2D eigenvalue weighted by Crippen LogP contribution is 2.23. The van der Waals surface area contributed by atoms with Crippen LogP contribution in [0, 0.1) is 0 Å². The van der Waals surface area contributed by atoms with Crippen molar-refractivity contribution in [3.05, 3.63) is 71.8 Å². The number of H-pyrrole nitrogens is 1. The Bertz CT molecular complexity index is 756. The van der Waals surface area contributed by atoms with Crippen LogP contribution in [0.5, 0.6) is 11.5 Å². The van der Waals surface area contributed by atoms with E-state index in [0.29, 0.717) is 5.82 Å². The molecule has 0 aliphatic carbocycles. The SMILES string of the molecule is COc1cccc(OC(C)c2n[nH]c(Cc3ccccc3)n2)c1. The third kappa shape index (κ3) is 3.88. The minimum atomic E-state index is -0.247. The molecular formula is C18H19N3O2. The summed E-state index contributed by atoms with van der Waals surface area (Å²) in [6.45, 7) is 1.93. The summed E-state index contributed by atoms with van der Waals surface area (Å²) in [6, 6.07) is 17.7. The summed E-state index contributed by atoms with van der Waals surface area (Å²) >= 11 is 0. The number of benzene rings is 2. The molecule has 1 aromatic heterocycles. The highest BCUT2D eigenvalue weighted by atomic mass is 16.5. The van der Waals surface area contributed by atoms with Crippen molar-refractivity contribution in [1.82, 2.24) is 15.2 Å². The van der Waals surface area contributed by atoms with Crippen LogP contribution in [0.1, 0.15) is 30.2 Å². The van der Waals surface area contributed by atoms with Crippen molar-refractivity contribution in [2.45, 2.75) is 19.4 Å². The average molecular weight is 309 g/mol. The molecule has 1 atom stereocenters.